The number of carbonyl (C=O) groups is 4. The van der Waals surface area contributed by atoms with Crippen molar-refractivity contribution in [1.29, 1.82) is 0 Å². The number of carboxylic acid groups (broad SMARTS) is 4. The summed E-state index contributed by atoms with van der Waals surface area (Å²) in [6.45, 7) is 0. The van der Waals surface area contributed by atoms with E-state index in [9.17, 15) is 19.2 Å². The highest BCUT2D eigenvalue weighted by Crippen LogP contribution is 2.37. The molecule has 1 rings (SSSR count). The minimum Gasteiger partial charge on any atom is -0.481 e. The smallest absolute Gasteiger partial charge is 0.317 e. The summed E-state index contributed by atoms with van der Waals surface area (Å²) in [4.78, 5) is 43.8. The molecule has 1 fully saturated rings. The van der Waals surface area contributed by atoms with Gasteiger partial charge in [0.1, 0.15) is 0 Å². The summed E-state index contributed by atoms with van der Waals surface area (Å²) in [5, 5.41) is 35.7. The molecule has 0 amide bonds. The molecular weight excluding hydrogens is 320 g/mol. The monoisotopic (exact) mass is 344 g/mol. The molecule has 0 radical (unpaired) electrons. The van der Waals surface area contributed by atoms with E-state index in [1.807, 2.05) is 0 Å². The second-order valence-corrected chi connectivity index (χ2v) is 6.42. The molecule has 1 aliphatic carbocycles. The zero-order valence-electron chi connectivity index (χ0n) is 13.4. The van der Waals surface area contributed by atoms with Crippen molar-refractivity contribution < 1.29 is 39.6 Å². The Morgan fingerprint density at radius 1 is 0.667 bits per heavy atom. The summed E-state index contributed by atoms with van der Waals surface area (Å²) < 4.78 is 0. The van der Waals surface area contributed by atoms with Crippen molar-refractivity contribution in [2.24, 2.45) is 23.7 Å². The highest BCUT2D eigenvalue weighted by Gasteiger charge is 2.32. The quantitative estimate of drug-likeness (QED) is 0.439. The molecule has 1 aliphatic rings. The third-order valence-corrected chi connectivity index (χ3v) is 4.91. The first-order chi connectivity index (χ1) is 11.2. The average Bonchev–Trinajstić information content (AvgIpc) is 2.47. The van der Waals surface area contributed by atoms with Gasteiger partial charge in [-0.3, -0.25) is 19.2 Å². The highest BCUT2D eigenvalue weighted by molar-refractivity contribution is 5.93. The van der Waals surface area contributed by atoms with E-state index in [0.29, 0.717) is 12.8 Å². The summed E-state index contributed by atoms with van der Waals surface area (Å²) in [7, 11) is 0. The van der Waals surface area contributed by atoms with Gasteiger partial charge < -0.3 is 20.4 Å². The Morgan fingerprint density at radius 2 is 0.958 bits per heavy atom. The Hall–Kier alpha value is -2.12. The van der Waals surface area contributed by atoms with Gasteiger partial charge in [-0.15, -0.1) is 0 Å². The summed E-state index contributed by atoms with van der Waals surface area (Å²) >= 11 is 0. The van der Waals surface area contributed by atoms with Crippen LogP contribution in [0.5, 0.6) is 0 Å². The SMILES string of the molecule is O=C(O)C(CCC1CCCCC1CCC(C(=O)O)C(=O)O)C(=O)O. The molecule has 0 heterocycles. The Bertz CT molecular complexity index is 414. The molecule has 2 unspecified atom stereocenters. The largest absolute Gasteiger partial charge is 0.481 e. The molecule has 0 aromatic carbocycles. The minimum absolute atomic E-state index is 0.0348. The van der Waals surface area contributed by atoms with Gasteiger partial charge in [0.2, 0.25) is 0 Å². The van der Waals surface area contributed by atoms with E-state index >= 15 is 0 Å². The van der Waals surface area contributed by atoms with Crippen LogP contribution in [0.15, 0.2) is 0 Å². The lowest BCUT2D eigenvalue weighted by Crippen LogP contribution is -2.28. The summed E-state index contributed by atoms with van der Waals surface area (Å²) in [5.41, 5.74) is 0. The molecule has 1 saturated carbocycles. The topological polar surface area (TPSA) is 149 Å². The van der Waals surface area contributed by atoms with Gasteiger partial charge in [0, 0.05) is 0 Å². The fourth-order valence-corrected chi connectivity index (χ4v) is 3.51. The van der Waals surface area contributed by atoms with Crippen LogP contribution in [0.4, 0.5) is 0 Å². The van der Waals surface area contributed by atoms with Crippen LogP contribution in [0, 0.1) is 23.7 Å². The van der Waals surface area contributed by atoms with Gasteiger partial charge >= 0.3 is 23.9 Å². The lowest BCUT2D eigenvalue weighted by atomic mass is 9.73. The van der Waals surface area contributed by atoms with Crippen molar-refractivity contribution in [3.63, 3.8) is 0 Å². The second kappa shape index (κ2) is 9.24. The summed E-state index contributed by atoms with van der Waals surface area (Å²) in [6, 6.07) is 0. The number of carboxylic acids is 4. The van der Waals surface area contributed by atoms with Crippen LogP contribution in [0.25, 0.3) is 0 Å². The number of aliphatic carboxylic acids is 4. The number of hydrogen-bond donors (Lipinski definition) is 4. The van der Waals surface area contributed by atoms with Crippen molar-refractivity contribution in [2.45, 2.75) is 51.4 Å². The van der Waals surface area contributed by atoms with E-state index in [1.165, 1.54) is 0 Å². The van der Waals surface area contributed by atoms with E-state index in [1.54, 1.807) is 0 Å². The first kappa shape index (κ1) is 19.9. The maximum Gasteiger partial charge on any atom is 0.317 e. The molecule has 8 heteroatoms. The fourth-order valence-electron chi connectivity index (χ4n) is 3.51. The van der Waals surface area contributed by atoms with Crippen molar-refractivity contribution in [1.82, 2.24) is 0 Å². The molecule has 8 nitrogen and oxygen atoms in total. The first-order valence-electron chi connectivity index (χ1n) is 8.15. The van der Waals surface area contributed by atoms with Gasteiger partial charge in [-0.1, -0.05) is 25.7 Å². The maximum atomic E-state index is 10.9. The van der Waals surface area contributed by atoms with Crippen molar-refractivity contribution in [3.05, 3.63) is 0 Å². The van der Waals surface area contributed by atoms with Crippen LogP contribution in [0.1, 0.15) is 51.4 Å². The third-order valence-electron chi connectivity index (χ3n) is 4.91. The lowest BCUT2D eigenvalue weighted by Gasteiger charge is -2.32. The zero-order chi connectivity index (χ0) is 18.3. The van der Waals surface area contributed by atoms with Crippen molar-refractivity contribution in [2.75, 3.05) is 0 Å². The fraction of sp³-hybridized carbons (Fsp3) is 0.750. The molecule has 0 saturated heterocycles. The third kappa shape index (κ3) is 5.82. The van der Waals surface area contributed by atoms with Crippen LogP contribution < -0.4 is 0 Å². The van der Waals surface area contributed by atoms with E-state index in [2.05, 4.69) is 0 Å². The molecule has 0 bridgehead atoms. The predicted molar refractivity (Wildman–Crippen MR) is 81.4 cm³/mol. The van der Waals surface area contributed by atoms with Gasteiger partial charge in [0.15, 0.2) is 11.8 Å². The lowest BCUT2D eigenvalue weighted by molar-refractivity contribution is -0.157. The van der Waals surface area contributed by atoms with Crippen LogP contribution in [-0.4, -0.2) is 44.3 Å². The van der Waals surface area contributed by atoms with Crippen LogP contribution in [-0.2, 0) is 19.2 Å². The molecular formula is C16H24O8. The van der Waals surface area contributed by atoms with E-state index in [0.717, 1.165) is 25.7 Å². The standard InChI is InChI=1S/C16H24O8/c17-13(18)11(14(19)20)7-5-9-3-1-2-4-10(9)6-8-12(15(21)22)16(23)24/h9-12H,1-8H2,(H,17,18)(H,19,20)(H,21,22)(H,23,24). The van der Waals surface area contributed by atoms with E-state index < -0.39 is 35.7 Å². The van der Waals surface area contributed by atoms with Crippen LogP contribution in [0.3, 0.4) is 0 Å². The van der Waals surface area contributed by atoms with Crippen molar-refractivity contribution in [3.8, 4) is 0 Å². The summed E-state index contributed by atoms with van der Waals surface area (Å²) in [6.07, 6.45) is 4.56. The number of rotatable bonds is 10. The normalized spacial score (nSPS) is 20.9. The van der Waals surface area contributed by atoms with Gasteiger partial charge in [-0.05, 0) is 37.5 Å². The van der Waals surface area contributed by atoms with Crippen LogP contribution >= 0.6 is 0 Å². The second-order valence-electron chi connectivity index (χ2n) is 6.42. The zero-order valence-corrected chi connectivity index (χ0v) is 13.4. The van der Waals surface area contributed by atoms with Gasteiger partial charge in [-0.25, -0.2) is 0 Å². The molecule has 0 aromatic heterocycles. The van der Waals surface area contributed by atoms with Gasteiger partial charge in [0.25, 0.3) is 0 Å². The van der Waals surface area contributed by atoms with E-state index in [4.69, 9.17) is 20.4 Å². The predicted octanol–water partition coefficient (Wildman–Crippen LogP) is 1.92. The summed E-state index contributed by atoms with van der Waals surface area (Å²) in [5.74, 6) is -8.06. The maximum absolute atomic E-state index is 10.9. The Balaban J connectivity index is 2.61. The Morgan fingerprint density at radius 3 is 1.21 bits per heavy atom. The molecule has 0 aliphatic heterocycles. The van der Waals surface area contributed by atoms with Crippen molar-refractivity contribution >= 4 is 23.9 Å². The Labute approximate surface area is 139 Å². The Kier molecular flexibility index (Phi) is 7.67. The molecule has 0 spiro atoms. The van der Waals surface area contributed by atoms with Gasteiger partial charge in [0.05, 0.1) is 0 Å². The molecule has 24 heavy (non-hydrogen) atoms. The molecule has 2 atom stereocenters. The van der Waals surface area contributed by atoms with Gasteiger partial charge in [-0.2, -0.15) is 0 Å². The highest BCUT2D eigenvalue weighted by atomic mass is 16.4. The molecule has 4 N–H and O–H groups in total. The molecule has 0 aromatic rings. The van der Waals surface area contributed by atoms with Crippen LogP contribution in [0.2, 0.25) is 0 Å². The average molecular weight is 344 g/mol. The first-order valence-corrected chi connectivity index (χ1v) is 8.15. The van der Waals surface area contributed by atoms with E-state index in [-0.39, 0.29) is 24.7 Å². The molecule has 136 valence electrons. The minimum atomic E-state index is -1.43. The number of hydrogen-bond acceptors (Lipinski definition) is 4.